The van der Waals surface area contributed by atoms with Crippen LogP contribution in [0.15, 0.2) is 40.2 Å². The highest BCUT2D eigenvalue weighted by Crippen LogP contribution is 2.38. The summed E-state index contributed by atoms with van der Waals surface area (Å²) in [4.78, 5) is 20.1. The Morgan fingerprint density at radius 2 is 1.81 bits per heavy atom. The minimum Gasteiger partial charge on any atom is -0.379 e. The number of ether oxygens (including phenoxy) is 1. The van der Waals surface area contributed by atoms with Gasteiger partial charge in [0.15, 0.2) is 12.1 Å². The highest BCUT2D eigenvalue weighted by atomic mass is 79.9. The monoisotopic (exact) mass is 450 g/mol. The average Bonchev–Trinajstić information content (AvgIpc) is 3.23. The maximum absolute atomic E-state index is 12.7. The van der Waals surface area contributed by atoms with Gasteiger partial charge in [-0.05, 0) is 40.2 Å². The first kappa shape index (κ1) is 18.9. The van der Waals surface area contributed by atoms with E-state index in [4.69, 9.17) is 10.5 Å². The summed E-state index contributed by atoms with van der Waals surface area (Å²) >= 11 is 4.88. The fraction of sp³-hybridized carbons (Fsp3) is 0.421. The molecule has 2 aromatic rings. The summed E-state index contributed by atoms with van der Waals surface area (Å²) in [5.74, 6) is 0.0889. The lowest BCUT2D eigenvalue weighted by Gasteiger charge is -2.32. The lowest BCUT2D eigenvalue weighted by atomic mass is 10.2. The molecule has 2 aliphatic heterocycles. The lowest BCUT2D eigenvalue weighted by molar-refractivity contribution is 0.0390. The van der Waals surface area contributed by atoms with Gasteiger partial charge in [-0.25, -0.2) is 0 Å². The van der Waals surface area contributed by atoms with Crippen LogP contribution in [-0.2, 0) is 4.74 Å². The first-order chi connectivity index (χ1) is 13.1. The summed E-state index contributed by atoms with van der Waals surface area (Å²) in [6, 6.07) is 11.9. The molecule has 6 nitrogen and oxygen atoms in total. The molecule has 1 atom stereocenters. The van der Waals surface area contributed by atoms with Crippen molar-refractivity contribution in [3.8, 4) is 0 Å². The minimum atomic E-state index is -0.337. The van der Waals surface area contributed by atoms with E-state index >= 15 is 0 Å². The molecule has 27 heavy (non-hydrogen) atoms. The Kier molecular flexibility index (Phi) is 5.79. The van der Waals surface area contributed by atoms with Gasteiger partial charge in [-0.1, -0.05) is 12.1 Å². The van der Waals surface area contributed by atoms with E-state index in [1.807, 2.05) is 35.2 Å². The number of rotatable bonds is 6. The molecule has 0 radical (unpaired) electrons. The van der Waals surface area contributed by atoms with E-state index in [2.05, 4.69) is 31.8 Å². The molecule has 1 fully saturated rings. The van der Waals surface area contributed by atoms with Gasteiger partial charge < -0.3 is 14.5 Å². The Bertz CT molecular complexity index is 809. The molecular weight excluding hydrogens is 428 g/mol. The largest absolute Gasteiger partial charge is 0.379 e. The minimum absolute atomic E-state index is 0.0889. The number of anilines is 2. The third kappa shape index (κ3) is 4.05. The van der Waals surface area contributed by atoms with E-state index in [1.165, 1.54) is 11.3 Å². The molecule has 1 saturated heterocycles. The van der Waals surface area contributed by atoms with Crippen LogP contribution in [0.25, 0.3) is 0 Å². The Morgan fingerprint density at radius 3 is 2.48 bits per heavy atom. The van der Waals surface area contributed by atoms with Gasteiger partial charge in [0.2, 0.25) is 0 Å². The van der Waals surface area contributed by atoms with Crippen molar-refractivity contribution in [3.63, 3.8) is 0 Å². The zero-order chi connectivity index (χ0) is 18.8. The number of fused-ring (bicyclic) bond motifs is 1. The van der Waals surface area contributed by atoms with E-state index in [1.54, 1.807) is 0 Å². The van der Waals surface area contributed by atoms with Crippen molar-refractivity contribution in [1.29, 1.82) is 0 Å². The van der Waals surface area contributed by atoms with Gasteiger partial charge >= 0.3 is 0 Å². The number of carbonyl (C=O) groups excluding carboxylic acids is 1. The maximum Gasteiger partial charge on any atom is 0.192 e. The van der Waals surface area contributed by atoms with Gasteiger partial charge in [0, 0.05) is 26.2 Å². The number of thiophene rings is 1. The van der Waals surface area contributed by atoms with Gasteiger partial charge in [0.05, 0.1) is 39.8 Å². The number of nitrogens with two attached hydrogens (primary N) is 1. The normalized spacial score (nSPS) is 20.1. The molecule has 0 amide bonds. The number of morpholine rings is 1. The summed E-state index contributed by atoms with van der Waals surface area (Å²) in [5, 5.41) is 0. The summed E-state index contributed by atoms with van der Waals surface area (Å²) in [6.07, 6.45) is -0.337. The van der Waals surface area contributed by atoms with E-state index in [0.29, 0.717) is 0 Å². The van der Waals surface area contributed by atoms with Crippen LogP contribution < -0.4 is 15.5 Å². The van der Waals surface area contributed by atoms with Crippen molar-refractivity contribution in [2.75, 3.05) is 55.7 Å². The Labute approximate surface area is 171 Å². The summed E-state index contributed by atoms with van der Waals surface area (Å²) < 4.78 is 6.39. The summed E-state index contributed by atoms with van der Waals surface area (Å²) in [7, 11) is 0. The van der Waals surface area contributed by atoms with E-state index in [-0.39, 0.29) is 18.6 Å². The van der Waals surface area contributed by atoms with Crippen LogP contribution in [0.2, 0.25) is 0 Å². The number of benzene rings is 1. The third-order valence-electron chi connectivity index (χ3n) is 5.06. The van der Waals surface area contributed by atoms with Crippen LogP contribution >= 0.6 is 27.3 Å². The SMILES string of the molecule is NC1N(CCN2CCOCC2)c2ccccc2N1CC(=O)c1ccc(Br)s1. The van der Waals surface area contributed by atoms with Crippen molar-refractivity contribution in [1.82, 2.24) is 4.90 Å². The predicted molar refractivity (Wildman–Crippen MR) is 113 cm³/mol. The number of nitrogens with zero attached hydrogens (tertiary/aromatic N) is 3. The van der Waals surface area contributed by atoms with Crippen molar-refractivity contribution in [2.45, 2.75) is 6.29 Å². The number of para-hydroxylation sites is 2. The van der Waals surface area contributed by atoms with Crippen molar-refractivity contribution < 1.29 is 9.53 Å². The smallest absolute Gasteiger partial charge is 0.192 e. The molecule has 0 saturated carbocycles. The average molecular weight is 451 g/mol. The van der Waals surface area contributed by atoms with Crippen LogP contribution in [0.5, 0.6) is 0 Å². The zero-order valence-electron chi connectivity index (χ0n) is 15.0. The van der Waals surface area contributed by atoms with Crippen LogP contribution in [0, 0.1) is 0 Å². The quantitative estimate of drug-likeness (QED) is 0.682. The molecule has 0 aliphatic carbocycles. The van der Waals surface area contributed by atoms with Gasteiger partial charge in [-0.15, -0.1) is 11.3 Å². The summed E-state index contributed by atoms with van der Waals surface area (Å²) in [5.41, 5.74) is 8.69. The number of Topliss-reactive ketones (excluding diaryl/α,β-unsaturated/α-hetero) is 1. The van der Waals surface area contributed by atoms with Crippen molar-refractivity contribution in [2.24, 2.45) is 5.73 Å². The molecule has 0 bridgehead atoms. The van der Waals surface area contributed by atoms with E-state index in [0.717, 1.165) is 59.4 Å². The molecule has 4 rings (SSSR count). The molecule has 144 valence electrons. The number of ketones is 1. The summed E-state index contributed by atoms with van der Waals surface area (Å²) in [6.45, 7) is 5.54. The third-order valence-corrected chi connectivity index (χ3v) is 6.73. The first-order valence-electron chi connectivity index (χ1n) is 9.10. The van der Waals surface area contributed by atoms with Crippen LogP contribution in [0.1, 0.15) is 9.67 Å². The van der Waals surface area contributed by atoms with Gasteiger partial charge in [-0.2, -0.15) is 0 Å². The van der Waals surface area contributed by atoms with Crippen LogP contribution in [0.3, 0.4) is 0 Å². The Morgan fingerprint density at radius 1 is 1.11 bits per heavy atom. The zero-order valence-corrected chi connectivity index (χ0v) is 17.4. The molecule has 8 heteroatoms. The molecule has 1 unspecified atom stereocenters. The fourth-order valence-electron chi connectivity index (χ4n) is 3.61. The Hall–Kier alpha value is -1.45. The molecule has 1 aromatic heterocycles. The second-order valence-corrected chi connectivity index (χ2v) is 9.17. The maximum atomic E-state index is 12.7. The second-order valence-electron chi connectivity index (χ2n) is 6.70. The molecular formula is C19H23BrN4O2S. The lowest BCUT2D eigenvalue weighted by Crippen LogP contribution is -2.53. The fourth-order valence-corrected chi connectivity index (χ4v) is 4.92. The number of hydrogen-bond donors (Lipinski definition) is 1. The Balaban J connectivity index is 1.48. The molecule has 2 N–H and O–H groups in total. The molecule has 3 heterocycles. The first-order valence-corrected chi connectivity index (χ1v) is 10.7. The van der Waals surface area contributed by atoms with Gasteiger partial charge in [-0.3, -0.25) is 15.4 Å². The predicted octanol–water partition coefficient (Wildman–Crippen LogP) is 2.59. The number of carbonyl (C=O) groups is 1. The van der Waals surface area contributed by atoms with Gasteiger partial charge in [0.1, 0.15) is 0 Å². The van der Waals surface area contributed by atoms with Crippen molar-refractivity contribution >= 4 is 44.4 Å². The van der Waals surface area contributed by atoms with Crippen LogP contribution in [-0.4, -0.2) is 62.9 Å². The molecule has 0 spiro atoms. The standard InChI is InChI=1S/C19H23BrN4O2S/c20-18-6-5-17(27-18)16(25)13-24-15-4-2-1-3-14(15)23(19(24)21)8-7-22-9-11-26-12-10-22/h1-6,19H,7-13,21H2. The number of hydrogen-bond acceptors (Lipinski definition) is 7. The van der Waals surface area contributed by atoms with E-state index < -0.39 is 0 Å². The highest BCUT2D eigenvalue weighted by Gasteiger charge is 2.34. The highest BCUT2D eigenvalue weighted by molar-refractivity contribution is 9.11. The second kappa shape index (κ2) is 8.28. The van der Waals surface area contributed by atoms with Crippen LogP contribution in [0.4, 0.5) is 11.4 Å². The molecule has 1 aromatic carbocycles. The van der Waals surface area contributed by atoms with Gasteiger partial charge in [0.25, 0.3) is 0 Å². The number of halogens is 1. The topological polar surface area (TPSA) is 62.0 Å². The van der Waals surface area contributed by atoms with Crippen molar-refractivity contribution in [3.05, 3.63) is 45.1 Å². The van der Waals surface area contributed by atoms with E-state index in [9.17, 15) is 4.79 Å². The molecule has 2 aliphatic rings.